The average Bonchev–Trinajstić information content (AvgIpc) is 2.38. The van der Waals surface area contributed by atoms with Gasteiger partial charge in [0.2, 0.25) is 10.0 Å². The van der Waals surface area contributed by atoms with E-state index < -0.39 is 30.8 Å². The molecular formula is C12H11FN2O4S2. The van der Waals surface area contributed by atoms with Gasteiger partial charge < -0.3 is 0 Å². The van der Waals surface area contributed by atoms with Crippen LogP contribution in [0, 0.1) is 5.82 Å². The lowest BCUT2D eigenvalue weighted by Gasteiger charge is -2.09. The molecule has 21 heavy (non-hydrogen) atoms. The zero-order chi connectivity index (χ0) is 15.7. The van der Waals surface area contributed by atoms with E-state index in [1.807, 2.05) is 0 Å². The first-order valence-corrected chi connectivity index (χ1v) is 8.63. The van der Waals surface area contributed by atoms with Crippen LogP contribution in [0.25, 0.3) is 0 Å². The van der Waals surface area contributed by atoms with Crippen molar-refractivity contribution < 1.29 is 21.2 Å². The molecule has 9 heteroatoms. The highest BCUT2D eigenvalue weighted by Gasteiger charge is 2.18. The molecule has 2 aromatic carbocycles. The second-order valence-electron chi connectivity index (χ2n) is 4.11. The minimum atomic E-state index is -4.10. The van der Waals surface area contributed by atoms with E-state index in [0.717, 1.165) is 24.3 Å². The number of halogens is 1. The Bertz CT molecular complexity index is 862. The van der Waals surface area contributed by atoms with Gasteiger partial charge in [-0.1, -0.05) is 12.1 Å². The highest BCUT2D eigenvalue weighted by Crippen LogP contribution is 2.19. The van der Waals surface area contributed by atoms with E-state index in [2.05, 4.69) is 4.72 Å². The molecule has 0 fully saturated rings. The van der Waals surface area contributed by atoms with Gasteiger partial charge in [-0.2, -0.15) is 0 Å². The number of primary sulfonamides is 1. The quantitative estimate of drug-likeness (QED) is 0.880. The minimum Gasteiger partial charge on any atom is -0.280 e. The fourth-order valence-electron chi connectivity index (χ4n) is 1.59. The smallest absolute Gasteiger partial charge is 0.264 e. The van der Waals surface area contributed by atoms with Crippen molar-refractivity contribution in [1.29, 1.82) is 0 Å². The first-order chi connectivity index (χ1) is 9.70. The molecule has 0 spiro atoms. The number of hydrogen-bond donors (Lipinski definition) is 2. The number of hydrogen-bond acceptors (Lipinski definition) is 4. The number of benzene rings is 2. The van der Waals surface area contributed by atoms with Crippen LogP contribution in [0.1, 0.15) is 0 Å². The summed E-state index contributed by atoms with van der Waals surface area (Å²) in [5, 5.41) is 4.93. The van der Waals surface area contributed by atoms with Crippen molar-refractivity contribution in [1.82, 2.24) is 0 Å². The van der Waals surface area contributed by atoms with E-state index in [1.165, 1.54) is 24.3 Å². The molecule has 0 amide bonds. The molecule has 0 heterocycles. The molecule has 0 aliphatic rings. The number of anilines is 1. The van der Waals surface area contributed by atoms with Gasteiger partial charge in [0.25, 0.3) is 10.0 Å². The molecule has 112 valence electrons. The summed E-state index contributed by atoms with van der Waals surface area (Å²) < 4.78 is 61.8. The molecule has 2 rings (SSSR count). The predicted molar refractivity (Wildman–Crippen MR) is 75.0 cm³/mol. The van der Waals surface area contributed by atoms with Crippen LogP contribution in [0.2, 0.25) is 0 Å². The molecule has 3 N–H and O–H groups in total. The summed E-state index contributed by atoms with van der Waals surface area (Å²) in [4.78, 5) is -0.656. The zero-order valence-corrected chi connectivity index (χ0v) is 12.2. The van der Waals surface area contributed by atoms with Crippen LogP contribution in [0.4, 0.5) is 10.1 Å². The molecule has 0 bridgehead atoms. The van der Waals surface area contributed by atoms with E-state index in [0.29, 0.717) is 0 Å². The van der Waals surface area contributed by atoms with Gasteiger partial charge in [-0.25, -0.2) is 26.4 Å². The van der Waals surface area contributed by atoms with Crippen LogP contribution in [0.5, 0.6) is 0 Å². The maximum absolute atomic E-state index is 13.5. The standard InChI is InChI=1S/C12H11FN2O4S2/c13-11-3-1-2-4-12(11)21(18,19)15-9-5-7-10(8-6-9)20(14,16)17/h1-8,15H,(H2,14,16,17). The lowest BCUT2D eigenvalue weighted by Crippen LogP contribution is -2.15. The Morgan fingerprint density at radius 1 is 0.905 bits per heavy atom. The highest BCUT2D eigenvalue weighted by atomic mass is 32.2. The third-order valence-corrected chi connectivity index (χ3v) is 4.91. The molecule has 0 unspecified atom stereocenters. The average molecular weight is 330 g/mol. The third-order valence-electron chi connectivity index (χ3n) is 2.56. The first-order valence-electron chi connectivity index (χ1n) is 5.60. The second-order valence-corrected chi connectivity index (χ2v) is 7.32. The summed E-state index contributed by atoms with van der Waals surface area (Å²) in [6.07, 6.45) is 0. The highest BCUT2D eigenvalue weighted by molar-refractivity contribution is 7.92. The van der Waals surface area contributed by atoms with Gasteiger partial charge in [0, 0.05) is 5.69 Å². The van der Waals surface area contributed by atoms with Crippen LogP contribution < -0.4 is 9.86 Å². The Labute approximate surface area is 121 Å². The molecule has 2 aromatic rings. The Hall–Kier alpha value is -1.97. The molecular weight excluding hydrogens is 319 g/mol. The molecule has 0 atom stereocenters. The van der Waals surface area contributed by atoms with Crippen LogP contribution in [0.3, 0.4) is 0 Å². The van der Waals surface area contributed by atoms with Crippen molar-refractivity contribution >= 4 is 25.7 Å². The minimum absolute atomic E-state index is 0.0886. The van der Waals surface area contributed by atoms with Gasteiger partial charge in [0.1, 0.15) is 10.7 Å². The summed E-state index contributed by atoms with van der Waals surface area (Å²) in [5.74, 6) is -0.883. The molecule has 6 nitrogen and oxygen atoms in total. The normalized spacial score (nSPS) is 12.1. The Morgan fingerprint density at radius 3 is 2.00 bits per heavy atom. The molecule has 0 aromatic heterocycles. The maximum atomic E-state index is 13.5. The Morgan fingerprint density at radius 2 is 1.48 bits per heavy atom. The molecule has 0 radical (unpaired) electrons. The van der Waals surface area contributed by atoms with Gasteiger partial charge in [0.05, 0.1) is 4.90 Å². The van der Waals surface area contributed by atoms with Gasteiger partial charge in [-0.3, -0.25) is 4.72 Å². The third kappa shape index (κ3) is 3.57. The van der Waals surface area contributed by atoms with E-state index >= 15 is 0 Å². The number of nitrogens with two attached hydrogens (primary N) is 1. The molecule has 0 aliphatic carbocycles. The van der Waals surface area contributed by atoms with Gasteiger partial charge in [0.15, 0.2) is 0 Å². The fourth-order valence-corrected chi connectivity index (χ4v) is 3.24. The van der Waals surface area contributed by atoms with Crippen molar-refractivity contribution in [2.45, 2.75) is 9.79 Å². The van der Waals surface area contributed by atoms with E-state index in [4.69, 9.17) is 5.14 Å². The molecule has 0 aliphatic heterocycles. The molecule has 0 saturated carbocycles. The van der Waals surface area contributed by atoms with Crippen molar-refractivity contribution in [3.8, 4) is 0 Å². The topological polar surface area (TPSA) is 106 Å². The summed E-state index contributed by atoms with van der Waals surface area (Å²) in [6.45, 7) is 0. The maximum Gasteiger partial charge on any atom is 0.264 e. The van der Waals surface area contributed by atoms with Gasteiger partial charge in [-0.05, 0) is 36.4 Å². The van der Waals surface area contributed by atoms with E-state index in [1.54, 1.807) is 0 Å². The largest absolute Gasteiger partial charge is 0.280 e. The second kappa shape index (κ2) is 5.43. The van der Waals surface area contributed by atoms with Crippen LogP contribution in [-0.4, -0.2) is 16.8 Å². The van der Waals surface area contributed by atoms with Gasteiger partial charge >= 0.3 is 0 Å². The SMILES string of the molecule is NS(=O)(=O)c1ccc(NS(=O)(=O)c2ccccc2F)cc1. The van der Waals surface area contributed by atoms with E-state index in [9.17, 15) is 21.2 Å². The van der Waals surface area contributed by atoms with Crippen molar-refractivity contribution in [3.63, 3.8) is 0 Å². The van der Waals surface area contributed by atoms with Crippen molar-refractivity contribution in [2.24, 2.45) is 5.14 Å². The summed E-state index contributed by atoms with van der Waals surface area (Å²) in [7, 11) is -7.96. The monoisotopic (exact) mass is 330 g/mol. The Balaban J connectivity index is 2.32. The van der Waals surface area contributed by atoms with Crippen molar-refractivity contribution in [2.75, 3.05) is 4.72 Å². The predicted octanol–water partition coefficient (Wildman–Crippen LogP) is 1.27. The number of sulfonamides is 2. The fraction of sp³-hybridized carbons (Fsp3) is 0. The zero-order valence-electron chi connectivity index (χ0n) is 10.5. The lowest BCUT2D eigenvalue weighted by atomic mass is 10.3. The van der Waals surface area contributed by atoms with Gasteiger partial charge in [-0.15, -0.1) is 0 Å². The first kappa shape index (κ1) is 15.4. The summed E-state index contributed by atoms with van der Waals surface area (Å²) in [5.41, 5.74) is 0.0886. The molecule has 0 saturated heterocycles. The summed E-state index contributed by atoms with van der Waals surface area (Å²) >= 11 is 0. The van der Waals surface area contributed by atoms with Crippen LogP contribution in [-0.2, 0) is 20.0 Å². The van der Waals surface area contributed by atoms with Crippen LogP contribution >= 0.6 is 0 Å². The number of rotatable bonds is 4. The lowest BCUT2D eigenvalue weighted by molar-refractivity contribution is 0.570. The number of nitrogens with one attached hydrogen (secondary N) is 1. The van der Waals surface area contributed by atoms with E-state index in [-0.39, 0.29) is 10.6 Å². The van der Waals surface area contributed by atoms with Crippen LogP contribution in [0.15, 0.2) is 58.3 Å². The summed E-state index contributed by atoms with van der Waals surface area (Å²) in [6, 6.07) is 9.64. The van der Waals surface area contributed by atoms with Crippen molar-refractivity contribution in [3.05, 3.63) is 54.3 Å². The Kier molecular flexibility index (Phi) is 3.99.